The Balaban J connectivity index is 1.72. The molecule has 0 aliphatic heterocycles. The molecule has 1 aromatic heterocycles. The maximum atomic E-state index is 12.2. The van der Waals surface area contributed by atoms with Gasteiger partial charge in [-0.3, -0.25) is 9.59 Å². The molecule has 1 amide bonds. The van der Waals surface area contributed by atoms with E-state index in [2.05, 4.69) is 14.8 Å². The standard InChI is InChI=1S/C22H17NO9/c1-29-20(26)12-7-13(21(27)30-2)9-14(8-12)23-19(25)11-31-22(28)18-10-16(24)15-5-3-4-6-17(15)32-18/h3-10H,11H2,1-2H3,(H,23,25). The van der Waals surface area contributed by atoms with Crippen molar-refractivity contribution in [2.24, 2.45) is 0 Å². The zero-order valence-corrected chi connectivity index (χ0v) is 17.0. The summed E-state index contributed by atoms with van der Waals surface area (Å²) in [5.74, 6) is -3.60. The first kappa shape index (κ1) is 22.2. The molecule has 0 saturated carbocycles. The zero-order chi connectivity index (χ0) is 23.3. The first-order chi connectivity index (χ1) is 15.3. The smallest absolute Gasteiger partial charge is 0.374 e. The van der Waals surface area contributed by atoms with Crippen LogP contribution < -0.4 is 10.7 Å². The summed E-state index contributed by atoms with van der Waals surface area (Å²) in [6.07, 6.45) is 0. The highest BCUT2D eigenvalue weighted by atomic mass is 16.5. The number of carbonyl (C=O) groups is 4. The second-order valence-electron chi connectivity index (χ2n) is 6.38. The number of nitrogens with one attached hydrogen (secondary N) is 1. The Labute approximate surface area is 180 Å². The molecule has 10 nitrogen and oxygen atoms in total. The van der Waals surface area contributed by atoms with Crippen molar-refractivity contribution in [2.45, 2.75) is 0 Å². The molecule has 0 saturated heterocycles. The van der Waals surface area contributed by atoms with Crippen LogP contribution in [0.2, 0.25) is 0 Å². The monoisotopic (exact) mass is 439 g/mol. The number of methoxy groups -OCH3 is 2. The normalized spacial score (nSPS) is 10.3. The van der Waals surface area contributed by atoms with Crippen molar-refractivity contribution < 1.29 is 37.8 Å². The van der Waals surface area contributed by atoms with E-state index in [1.165, 1.54) is 24.3 Å². The van der Waals surface area contributed by atoms with Crippen LogP contribution >= 0.6 is 0 Å². The van der Waals surface area contributed by atoms with Gasteiger partial charge >= 0.3 is 17.9 Å². The Morgan fingerprint density at radius 3 is 2.12 bits per heavy atom. The molecular formula is C22H17NO9. The molecule has 164 valence electrons. The fraction of sp³-hybridized carbons (Fsp3) is 0.136. The van der Waals surface area contributed by atoms with Crippen molar-refractivity contribution in [3.05, 3.63) is 75.6 Å². The average Bonchev–Trinajstić information content (AvgIpc) is 2.81. The number of benzene rings is 2. The fourth-order valence-corrected chi connectivity index (χ4v) is 2.77. The van der Waals surface area contributed by atoms with Crippen molar-refractivity contribution in [1.29, 1.82) is 0 Å². The lowest BCUT2D eigenvalue weighted by atomic mass is 10.1. The fourth-order valence-electron chi connectivity index (χ4n) is 2.77. The second-order valence-corrected chi connectivity index (χ2v) is 6.38. The van der Waals surface area contributed by atoms with Gasteiger partial charge in [-0.05, 0) is 30.3 Å². The number of hydrogen-bond donors (Lipinski definition) is 1. The Morgan fingerprint density at radius 1 is 0.875 bits per heavy atom. The quantitative estimate of drug-likeness (QED) is 0.452. The maximum absolute atomic E-state index is 12.2. The van der Waals surface area contributed by atoms with Gasteiger partial charge in [-0.15, -0.1) is 0 Å². The van der Waals surface area contributed by atoms with Crippen molar-refractivity contribution in [3.8, 4) is 0 Å². The van der Waals surface area contributed by atoms with Crippen LogP contribution in [0.25, 0.3) is 11.0 Å². The number of anilines is 1. The zero-order valence-electron chi connectivity index (χ0n) is 17.0. The van der Waals surface area contributed by atoms with Gasteiger partial charge in [0.05, 0.1) is 30.7 Å². The molecule has 0 fully saturated rings. The van der Waals surface area contributed by atoms with Crippen LogP contribution in [0.5, 0.6) is 0 Å². The van der Waals surface area contributed by atoms with Gasteiger partial charge in [0.15, 0.2) is 12.0 Å². The topological polar surface area (TPSA) is 138 Å². The molecule has 0 aliphatic carbocycles. The third-order valence-electron chi connectivity index (χ3n) is 4.23. The number of para-hydroxylation sites is 1. The van der Waals surface area contributed by atoms with E-state index in [0.29, 0.717) is 5.39 Å². The molecule has 0 aliphatic rings. The minimum Gasteiger partial charge on any atom is -0.465 e. The van der Waals surface area contributed by atoms with Gasteiger partial charge in [-0.25, -0.2) is 14.4 Å². The summed E-state index contributed by atoms with van der Waals surface area (Å²) in [4.78, 5) is 60.1. The number of carbonyl (C=O) groups excluding carboxylic acids is 4. The number of esters is 3. The lowest BCUT2D eigenvalue weighted by Gasteiger charge is -2.10. The molecule has 10 heteroatoms. The van der Waals surface area contributed by atoms with Crippen LogP contribution in [0.15, 0.2) is 57.7 Å². The predicted octanol–water partition coefficient (Wildman–Crippen LogP) is 2.16. The summed E-state index contributed by atoms with van der Waals surface area (Å²) < 4.78 is 19.5. The largest absolute Gasteiger partial charge is 0.465 e. The predicted molar refractivity (Wildman–Crippen MR) is 111 cm³/mol. The minimum atomic E-state index is -1.01. The van der Waals surface area contributed by atoms with Crippen molar-refractivity contribution in [1.82, 2.24) is 0 Å². The molecule has 0 unspecified atom stereocenters. The van der Waals surface area contributed by atoms with Crippen LogP contribution in [0.3, 0.4) is 0 Å². The van der Waals surface area contributed by atoms with Gasteiger partial charge in [0, 0.05) is 11.8 Å². The molecule has 0 spiro atoms. The van der Waals surface area contributed by atoms with E-state index in [0.717, 1.165) is 20.3 Å². The van der Waals surface area contributed by atoms with Crippen LogP contribution in [-0.2, 0) is 19.0 Å². The van der Waals surface area contributed by atoms with Gasteiger partial charge in [-0.2, -0.15) is 0 Å². The van der Waals surface area contributed by atoms with E-state index >= 15 is 0 Å². The van der Waals surface area contributed by atoms with E-state index in [1.807, 2.05) is 0 Å². The van der Waals surface area contributed by atoms with Gasteiger partial charge in [0.2, 0.25) is 5.76 Å². The molecule has 1 N–H and O–H groups in total. The van der Waals surface area contributed by atoms with Gasteiger partial charge < -0.3 is 23.9 Å². The lowest BCUT2D eigenvalue weighted by Crippen LogP contribution is -2.22. The van der Waals surface area contributed by atoms with E-state index in [1.54, 1.807) is 18.2 Å². The number of rotatable bonds is 6. The SMILES string of the molecule is COC(=O)c1cc(NC(=O)COC(=O)c2cc(=O)c3ccccc3o2)cc(C(=O)OC)c1. The highest BCUT2D eigenvalue weighted by Crippen LogP contribution is 2.17. The molecule has 0 atom stereocenters. The Hall–Kier alpha value is -4.47. The van der Waals surface area contributed by atoms with E-state index in [9.17, 15) is 24.0 Å². The molecule has 3 aromatic rings. The average molecular weight is 439 g/mol. The summed E-state index contributed by atoms with van der Waals surface area (Å²) in [6, 6.07) is 11.1. The first-order valence-corrected chi connectivity index (χ1v) is 9.14. The van der Waals surface area contributed by atoms with E-state index in [4.69, 9.17) is 9.15 Å². The summed E-state index contributed by atoms with van der Waals surface area (Å²) in [7, 11) is 2.33. The van der Waals surface area contributed by atoms with Crippen LogP contribution in [-0.4, -0.2) is 44.6 Å². The number of amides is 1. The summed E-state index contributed by atoms with van der Waals surface area (Å²) in [6.45, 7) is -0.717. The summed E-state index contributed by atoms with van der Waals surface area (Å²) >= 11 is 0. The minimum absolute atomic E-state index is 0.000587. The van der Waals surface area contributed by atoms with Crippen LogP contribution in [0, 0.1) is 0 Å². The molecule has 0 bridgehead atoms. The van der Waals surface area contributed by atoms with Crippen molar-refractivity contribution in [2.75, 3.05) is 26.1 Å². The van der Waals surface area contributed by atoms with Crippen LogP contribution in [0.4, 0.5) is 5.69 Å². The third-order valence-corrected chi connectivity index (χ3v) is 4.23. The molecule has 2 aromatic carbocycles. The summed E-state index contributed by atoms with van der Waals surface area (Å²) in [5, 5.41) is 2.70. The Bertz CT molecular complexity index is 1240. The van der Waals surface area contributed by atoms with Gasteiger partial charge in [0.25, 0.3) is 5.91 Å². The maximum Gasteiger partial charge on any atom is 0.374 e. The van der Waals surface area contributed by atoms with Gasteiger partial charge in [-0.1, -0.05) is 12.1 Å². The molecule has 1 heterocycles. The van der Waals surface area contributed by atoms with Gasteiger partial charge in [0.1, 0.15) is 5.58 Å². The Kier molecular flexibility index (Phi) is 6.64. The number of ether oxygens (including phenoxy) is 3. The Morgan fingerprint density at radius 2 is 1.50 bits per heavy atom. The lowest BCUT2D eigenvalue weighted by molar-refractivity contribution is -0.119. The summed E-state index contributed by atoms with van der Waals surface area (Å²) in [5.41, 5.74) is -0.155. The molecular weight excluding hydrogens is 422 g/mol. The first-order valence-electron chi connectivity index (χ1n) is 9.14. The number of hydrogen-bond acceptors (Lipinski definition) is 9. The van der Waals surface area contributed by atoms with E-state index < -0.39 is 35.9 Å². The second kappa shape index (κ2) is 9.56. The van der Waals surface area contributed by atoms with Crippen molar-refractivity contribution in [3.63, 3.8) is 0 Å². The number of fused-ring (bicyclic) bond motifs is 1. The molecule has 32 heavy (non-hydrogen) atoms. The molecule has 3 rings (SSSR count). The molecule has 0 radical (unpaired) electrons. The third kappa shape index (κ3) is 4.98. The van der Waals surface area contributed by atoms with E-state index in [-0.39, 0.29) is 28.2 Å². The van der Waals surface area contributed by atoms with Crippen LogP contribution in [0.1, 0.15) is 31.3 Å². The van der Waals surface area contributed by atoms with Crippen molar-refractivity contribution >= 4 is 40.5 Å². The highest BCUT2D eigenvalue weighted by Gasteiger charge is 2.18. The highest BCUT2D eigenvalue weighted by molar-refractivity contribution is 6.00.